The summed E-state index contributed by atoms with van der Waals surface area (Å²) in [5, 5.41) is 24.7. The van der Waals surface area contributed by atoms with E-state index in [1.54, 1.807) is 0 Å². The monoisotopic (exact) mass is 841 g/mol. The first kappa shape index (κ1) is 38.3. The number of rotatable bonds is 7. The van der Waals surface area contributed by atoms with E-state index in [-0.39, 0.29) is 0 Å². The van der Waals surface area contributed by atoms with Crippen LogP contribution in [0.25, 0.3) is 111 Å². The maximum absolute atomic E-state index is 10.0. The van der Waals surface area contributed by atoms with E-state index in [4.69, 9.17) is 15.0 Å². The summed E-state index contributed by atoms with van der Waals surface area (Å²) in [6.07, 6.45) is 0. The Bertz CT molecular complexity index is 3630. The van der Waals surface area contributed by atoms with Gasteiger partial charge in [0.05, 0.1) is 45.3 Å². The van der Waals surface area contributed by atoms with Crippen molar-refractivity contribution in [1.82, 2.24) is 24.1 Å². The zero-order chi connectivity index (χ0) is 44.1. The van der Waals surface area contributed by atoms with Gasteiger partial charge in [-0.2, -0.15) is 10.5 Å². The van der Waals surface area contributed by atoms with Gasteiger partial charge in [-0.05, 0) is 95.1 Å². The smallest absolute Gasteiger partial charge is 0.164 e. The van der Waals surface area contributed by atoms with E-state index < -0.39 is 0 Å². The molecule has 3 aromatic heterocycles. The summed E-state index contributed by atoms with van der Waals surface area (Å²) in [7, 11) is 0. The molecule has 0 radical (unpaired) electrons. The highest BCUT2D eigenvalue weighted by molar-refractivity contribution is 6.10. The maximum atomic E-state index is 10.0. The maximum Gasteiger partial charge on any atom is 0.164 e. The Morgan fingerprint density at radius 3 is 1.08 bits per heavy atom. The number of benzene rings is 9. The van der Waals surface area contributed by atoms with E-state index >= 15 is 0 Å². The SMILES string of the molecule is N#Cc1cccc(-c2ccc(-n3c4ccccc4c4ccccc43)cc2-c2nc(-c3ccccc3)nc(-c3cc(-n4c5ccccc5c5ccccc54)ccc3-c3cccc(C#N)c3)n2)c1. The largest absolute Gasteiger partial charge is 0.309 e. The average Bonchev–Trinajstić information content (AvgIpc) is 3.91. The number of hydrogen-bond donors (Lipinski definition) is 0. The van der Waals surface area contributed by atoms with Crippen LogP contribution in [0.15, 0.2) is 212 Å². The first-order chi connectivity index (χ1) is 32.6. The lowest BCUT2D eigenvalue weighted by Crippen LogP contribution is -2.04. The van der Waals surface area contributed by atoms with Gasteiger partial charge in [-0.15, -0.1) is 0 Å². The van der Waals surface area contributed by atoms with Crippen LogP contribution in [0, 0.1) is 22.7 Å². The Balaban J connectivity index is 1.16. The predicted octanol–water partition coefficient (Wildman–Crippen LogP) is 14.1. The van der Waals surface area contributed by atoms with Gasteiger partial charge in [-0.1, -0.05) is 140 Å². The minimum atomic E-state index is 0.470. The lowest BCUT2D eigenvalue weighted by atomic mass is 9.96. The van der Waals surface area contributed by atoms with Crippen molar-refractivity contribution in [3.8, 4) is 79.9 Å². The predicted molar refractivity (Wildman–Crippen MR) is 265 cm³/mol. The molecule has 0 aliphatic rings. The van der Waals surface area contributed by atoms with Gasteiger partial charge in [-0.3, -0.25) is 0 Å². The molecular formula is C59H35N7. The third kappa shape index (κ3) is 6.39. The van der Waals surface area contributed by atoms with E-state index in [1.165, 1.54) is 0 Å². The van der Waals surface area contributed by atoms with Crippen LogP contribution in [0.2, 0.25) is 0 Å². The lowest BCUT2D eigenvalue weighted by molar-refractivity contribution is 1.07. The fourth-order valence-corrected chi connectivity index (χ4v) is 9.46. The number of para-hydroxylation sites is 4. The van der Waals surface area contributed by atoms with Crippen LogP contribution >= 0.6 is 0 Å². The van der Waals surface area contributed by atoms with Crippen LogP contribution < -0.4 is 0 Å². The van der Waals surface area contributed by atoms with Gasteiger partial charge in [0, 0.05) is 49.6 Å². The number of hydrogen-bond acceptors (Lipinski definition) is 5. The Morgan fingerprint density at radius 2 is 0.667 bits per heavy atom. The normalized spacial score (nSPS) is 11.3. The second-order valence-electron chi connectivity index (χ2n) is 16.3. The standard InChI is InChI=1S/C59H35N7/c60-36-38-14-12-18-41(32-38)45-30-28-43(65-53-24-8-4-20-47(53)48-21-5-9-25-54(48)65)34-51(45)58-62-57(40-16-2-1-3-17-40)63-59(64-58)52-35-44(29-31-46(52)42-19-13-15-39(33-42)37-61)66-55-26-10-6-22-49(55)50-23-7-11-27-56(50)66/h1-35H. The number of aromatic nitrogens is 5. The minimum absolute atomic E-state index is 0.470. The number of fused-ring (bicyclic) bond motifs is 6. The van der Waals surface area contributed by atoms with E-state index in [1.807, 2.05) is 78.9 Å². The molecule has 0 fully saturated rings. The summed E-state index contributed by atoms with van der Waals surface area (Å²) in [6.45, 7) is 0. The molecule has 0 spiro atoms. The van der Waals surface area contributed by atoms with Gasteiger partial charge in [0.1, 0.15) is 0 Å². The van der Waals surface area contributed by atoms with Gasteiger partial charge in [0.2, 0.25) is 0 Å². The fraction of sp³-hybridized carbons (Fsp3) is 0. The molecule has 0 bridgehead atoms. The molecule has 66 heavy (non-hydrogen) atoms. The molecule has 306 valence electrons. The summed E-state index contributed by atoms with van der Waals surface area (Å²) in [6, 6.07) is 76.7. The molecule has 0 amide bonds. The molecule has 0 aliphatic heterocycles. The topological polar surface area (TPSA) is 96.1 Å². The van der Waals surface area contributed by atoms with Crippen molar-refractivity contribution in [3.05, 3.63) is 223 Å². The second kappa shape index (κ2) is 15.7. The van der Waals surface area contributed by atoms with Crippen molar-refractivity contribution in [3.63, 3.8) is 0 Å². The lowest BCUT2D eigenvalue weighted by Gasteiger charge is -2.17. The highest BCUT2D eigenvalue weighted by atomic mass is 15.0. The van der Waals surface area contributed by atoms with Crippen LogP contribution in [0.5, 0.6) is 0 Å². The van der Waals surface area contributed by atoms with E-state index in [0.717, 1.165) is 93.9 Å². The van der Waals surface area contributed by atoms with Crippen molar-refractivity contribution >= 4 is 43.6 Å². The van der Waals surface area contributed by atoms with E-state index in [2.05, 4.69) is 155 Å². The molecule has 0 aliphatic carbocycles. The number of nitriles is 2. The van der Waals surface area contributed by atoms with Gasteiger partial charge < -0.3 is 9.13 Å². The summed E-state index contributed by atoms with van der Waals surface area (Å²) >= 11 is 0. The van der Waals surface area contributed by atoms with Crippen LogP contribution in [0.1, 0.15) is 11.1 Å². The zero-order valence-corrected chi connectivity index (χ0v) is 35.3. The first-order valence-corrected chi connectivity index (χ1v) is 21.7. The van der Waals surface area contributed by atoms with Crippen LogP contribution in [-0.4, -0.2) is 24.1 Å². The molecule has 12 aromatic rings. The van der Waals surface area contributed by atoms with Crippen molar-refractivity contribution in [2.75, 3.05) is 0 Å². The van der Waals surface area contributed by atoms with Crippen LogP contribution in [-0.2, 0) is 0 Å². The fourth-order valence-electron chi connectivity index (χ4n) is 9.46. The highest BCUT2D eigenvalue weighted by Gasteiger charge is 2.22. The van der Waals surface area contributed by atoms with Crippen LogP contribution in [0.4, 0.5) is 0 Å². The number of nitrogens with zero attached hydrogens (tertiary/aromatic N) is 7. The molecule has 9 aromatic carbocycles. The van der Waals surface area contributed by atoms with Gasteiger partial charge in [-0.25, -0.2) is 15.0 Å². The Hall–Kier alpha value is -9.43. The van der Waals surface area contributed by atoms with Crippen molar-refractivity contribution in [2.45, 2.75) is 0 Å². The Kier molecular flexibility index (Phi) is 9.12. The summed E-state index contributed by atoms with van der Waals surface area (Å²) in [4.78, 5) is 16.1. The van der Waals surface area contributed by atoms with Crippen molar-refractivity contribution < 1.29 is 0 Å². The molecule has 0 saturated heterocycles. The molecule has 3 heterocycles. The summed E-state index contributed by atoms with van der Waals surface area (Å²) < 4.78 is 4.58. The molecule has 0 unspecified atom stereocenters. The quantitative estimate of drug-likeness (QED) is 0.159. The average molecular weight is 842 g/mol. The summed E-state index contributed by atoms with van der Waals surface area (Å²) in [5.41, 5.74) is 13.2. The van der Waals surface area contributed by atoms with Crippen molar-refractivity contribution in [1.29, 1.82) is 10.5 Å². The molecule has 12 rings (SSSR count). The van der Waals surface area contributed by atoms with E-state index in [9.17, 15) is 10.5 Å². The zero-order valence-electron chi connectivity index (χ0n) is 35.3. The Morgan fingerprint density at radius 1 is 0.303 bits per heavy atom. The van der Waals surface area contributed by atoms with Gasteiger partial charge in [0.25, 0.3) is 0 Å². The molecular weight excluding hydrogens is 807 g/mol. The highest BCUT2D eigenvalue weighted by Crippen LogP contribution is 2.41. The first-order valence-electron chi connectivity index (χ1n) is 21.7. The van der Waals surface area contributed by atoms with Crippen molar-refractivity contribution in [2.24, 2.45) is 0 Å². The molecule has 7 nitrogen and oxygen atoms in total. The molecule has 0 saturated carbocycles. The third-order valence-electron chi connectivity index (χ3n) is 12.4. The molecule has 0 N–H and O–H groups in total. The van der Waals surface area contributed by atoms with Gasteiger partial charge in [0.15, 0.2) is 17.5 Å². The molecule has 0 atom stereocenters. The van der Waals surface area contributed by atoms with Gasteiger partial charge >= 0.3 is 0 Å². The minimum Gasteiger partial charge on any atom is -0.309 e. The third-order valence-corrected chi connectivity index (χ3v) is 12.4. The second-order valence-corrected chi connectivity index (χ2v) is 16.3. The van der Waals surface area contributed by atoms with E-state index in [0.29, 0.717) is 28.6 Å². The summed E-state index contributed by atoms with van der Waals surface area (Å²) in [5.74, 6) is 1.45. The molecule has 7 heteroatoms. The van der Waals surface area contributed by atoms with Crippen LogP contribution in [0.3, 0.4) is 0 Å². The Labute approximate surface area is 380 Å².